The lowest BCUT2D eigenvalue weighted by atomic mass is 9.98. The highest BCUT2D eigenvalue weighted by Gasteiger charge is 2.24. The average Bonchev–Trinajstić information content (AvgIpc) is 2.43. The molecule has 0 aromatic heterocycles. The van der Waals surface area contributed by atoms with Gasteiger partial charge in [-0.3, -0.25) is 0 Å². The first kappa shape index (κ1) is 18.2. The monoisotopic (exact) mass is 282 g/mol. The molecule has 2 unspecified atom stereocenters. The second-order valence-electron chi connectivity index (χ2n) is 3.93. The van der Waals surface area contributed by atoms with E-state index in [1.807, 2.05) is 0 Å². The molecular weight excluding hydrogens is 260 g/mol. The third-order valence-corrected chi connectivity index (χ3v) is 2.41. The van der Waals surface area contributed by atoms with E-state index in [0.29, 0.717) is 0 Å². The van der Waals surface area contributed by atoms with Crippen molar-refractivity contribution in [3.63, 3.8) is 0 Å². The van der Waals surface area contributed by atoms with Crippen LogP contribution in [0.15, 0.2) is 61.6 Å². The molecule has 0 fully saturated rings. The Hall–Kier alpha value is -1.82. The van der Waals surface area contributed by atoms with Gasteiger partial charge in [0.1, 0.15) is 5.76 Å². The predicted molar refractivity (Wildman–Crippen MR) is 77.7 cm³/mol. The highest BCUT2D eigenvalue weighted by molar-refractivity contribution is 5.16. The van der Waals surface area contributed by atoms with E-state index in [1.54, 1.807) is 0 Å². The van der Waals surface area contributed by atoms with Crippen LogP contribution in [0.25, 0.3) is 0 Å². The van der Waals surface area contributed by atoms with Gasteiger partial charge in [-0.1, -0.05) is 24.8 Å². The van der Waals surface area contributed by atoms with Crippen molar-refractivity contribution in [1.29, 1.82) is 0 Å². The molecule has 5 heteroatoms. The van der Waals surface area contributed by atoms with Crippen LogP contribution in [0.1, 0.15) is 6.42 Å². The Labute approximate surface area is 119 Å². The summed E-state index contributed by atoms with van der Waals surface area (Å²) >= 11 is 0. The molecule has 0 aliphatic rings. The molecule has 0 aliphatic carbocycles. The zero-order valence-corrected chi connectivity index (χ0v) is 11.3. The van der Waals surface area contributed by atoms with Crippen LogP contribution in [0.3, 0.4) is 0 Å². The summed E-state index contributed by atoms with van der Waals surface area (Å²) in [6, 6.07) is 0. The standard InChI is InChI=1S/C15H22O5/c1-3-7-14(18)13(9-5-8-12(17)4-2)15(19)20-11-6-10-16/h3-6,8-9,11,13-19H,1-2,7,10H2/t13?,14-,15?/m0/s1. The van der Waals surface area contributed by atoms with Crippen molar-refractivity contribution < 1.29 is 25.2 Å². The number of allylic oxidation sites excluding steroid dienone is 3. The second-order valence-corrected chi connectivity index (χ2v) is 3.93. The third-order valence-electron chi connectivity index (χ3n) is 2.41. The van der Waals surface area contributed by atoms with Crippen molar-refractivity contribution >= 4 is 0 Å². The molecule has 0 aliphatic heterocycles. The summed E-state index contributed by atoms with van der Waals surface area (Å²) in [5, 5.41) is 37.5. The van der Waals surface area contributed by atoms with E-state index in [4.69, 9.17) is 9.84 Å². The third kappa shape index (κ3) is 7.58. The van der Waals surface area contributed by atoms with E-state index in [1.165, 1.54) is 36.5 Å². The summed E-state index contributed by atoms with van der Waals surface area (Å²) in [4.78, 5) is 0. The zero-order valence-electron chi connectivity index (χ0n) is 11.3. The van der Waals surface area contributed by atoms with Crippen molar-refractivity contribution in [2.75, 3.05) is 6.61 Å². The Morgan fingerprint density at radius 3 is 2.50 bits per heavy atom. The van der Waals surface area contributed by atoms with Crippen molar-refractivity contribution in [1.82, 2.24) is 0 Å². The maximum absolute atomic E-state index is 9.92. The SMILES string of the molecule is C=CC[C@H](O)C(C=CC=C(O)C=C)C(O)OC=CCO. The van der Waals surface area contributed by atoms with Gasteiger partial charge in [-0.2, -0.15) is 0 Å². The molecule has 0 aromatic carbocycles. The Kier molecular flexibility index (Phi) is 10.0. The van der Waals surface area contributed by atoms with Gasteiger partial charge in [0.05, 0.1) is 24.9 Å². The number of ether oxygens (including phenoxy) is 1. The Balaban J connectivity index is 4.83. The summed E-state index contributed by atoms with van der Waals surface area (Å²) in [6.07, 6.45) is 7.71. The molecule has 4 N–H and O–H groups in total. The molecular formula is C15H22O5. The molecule has 0 bridgehead atoms. The van der Waals surface area contributed by atoms with Crippen LogP contribution in [0.5, 0.6) is 0 Å². The lowest BCUT2D eigenvalue weighted by Crippen LogP contribution is -2.31. The smallest absolute Gasteiger partial charge is 0.205 e. The van der Waals surface area contributed by atoms with Gasteiger partial charge < -0.3 is 25.2 Å². The van der Waals surface area contributed by atoms with Crippen molar-refractivity contribution in [2.24, 2.45) is 5.92 Å². The zero-order chi connectivity index (χ0) is 15.4. The normalized spacial score (nSPS) is 17.1. The molecule has 0 radical (unpaired) electrons. The van der Waals surface area contributed by atoms with Gasteiger partial charge in [0, 0.05) is 0 Å². The molecule has 0 saturated carbocycles. The van der Waals surface area contributed by atoms with Crippen LogP contribution in [0, 0.1) is 5.92 Å². The van der Waals surface area contributed by atoms with Crippen LogP contribution in [-0.2, 0) is 4.74 Å². The maximum Gasteiger partial charge on any atom is 0.205 e. The largest absolute Gasteiger partial charge is 0.508 e. The molecule has 0 rings (SSSR count). The maximum atomic E-state index is 9.92. The summed E-state index contributed by atoms with van der Waals surface area (Å²) in [6.45, 7) is 6.70. The molecule has 0 spiro atoms. The van der Waals surface area contributed by atoms with E-state index >= 15 is 0 Å². The van der Waals surface area contributed by atoms with E-state index in [9.17, 15) is 15.3 Å². The minimum absolute atomic E-state index is 0.0335. The lowest BCUT2D eigenvalue weighted by Gasteiger charge is -2.23. The first-order valence-electron chi connectivity index (χ1n) is 6.15. The minimum atomic E-state index is -1.29. The Morgan fingerprint density at radius 2 is 1.95 bits per heavy atom. The fourth-order valence-corrected chi connectivity index (χ4v) is 1.36. The lowest BCUT2D eigenvalue weighted by molar-refractivity contribution is -0.108. The molecule has 112 valence electrons. The van der Waals surface area contributed by atoms with Gasteiger partial charge in [-0.25, -0.2) is 0 Å². The fraction of sp³-hybridized carbons (Fsp3) is 0.333. The van der Waals surface area contributed by atoms with Gasteiger partial charge in [0.15, 0.2) is 0 Å². The van der Waals surface area contributed by atoms with Crippen LogP contribution in [0.4, 0.5) is 0 Å². The molecule has 0 saturated heterocycles. The number of hydrogen-bond acceptors (Lipinski definition) is 5. The van der Waals surface area contributed by atoms with Gasteiger partial charge in [-0.15, -0.1) is 6.58 Å². The average molecular weight is 282 g/mol. The first-order chi connectivity index (χ1) is 9.56. The minimum Gasteiger partial charge on any atom is -0.508 e. The fourth-order valence-electron chi connectivity index (χ4n) is 1.36. The highest BCUT2D eigenvalue weighted by Crippen LogP contribution is 2.17. The number of hydrogen-bond donors (Lipinski definition) is 4. The van der Waals surface area contributed by atoms with Crippen LogP contribution in [0.2, 0.25) is 0 Å². The topological polar surface area (TPSA) is 90.2 Å². The van der Waals surface area contributed by atoms with Crippen LogP contribution < -0.4 is 0 Å². The molecule has 20 heavy (non-hydrogen) atoms. The van der Waals surface area contributed by atoms with Gasteiger partial charge in [0.2, 0.25) is 6.29 Å². The summed E-state index contributed by atoms with van der Waals surface area (Å²) < 4.78 is 4.96. The second kappa shape index (κ2) is 11.0. The number of aliphatic hydroxyl groups excluding tert-OH is 4. The number of aliphatic hydroxyl groups is 4. The van der Waals surface area contributed by atoms with Gasteiger partial charge in [-0.05, 0) is 24.6 Å². The highest BCUT2D eigenvalue weighted by atomic mass is 16.6. The van der Waals surface area contributed by atoms with E-state index in [-0.39, 0.29) is 18.8 Å². The molecule has 0 aromatic rings. The van der Waals surface area contributed by atoms with Crippen molar-refractivity contribution in [2.45, 2.75) is 18.8 Å². The predicted octanol–water partition coefficient (Wildman–Crippen LogP) is 1.56. The quantitative estimate of drug-likeness (QED) is 0.211. The van der Waals surface area contributed by atoms with E-state index < -0.39 is 18.3 Å². The Bertz CT molecular complexity index is 370. The Morgan fingerprint density at radius 1 is 1.25 bits per heavy atom. The van der Waals surface area contributed by atoms with Gasteiger partial charge in [0.25, 0.3) is 0 Å². The number of rotatable bonds is 10. The van der Waals surface area contributed by atoms with Crippen molar-refractivity contribution in [3.05, 3.63) is 61.6 Å². The van der Waals surface area contributed by atoms with E-state index in [0.717, 1.165) is 6.26 Å². The molecule has 3 atom stereocenters. The van der Waals surface area contributed by atoms with Crippen molar-refractivity contribution in [3.8, 4) is 0 Å². The van der Waals surface area contributed by atoms with E-state index in [2.05, 4.69) is 13.2 Å². The summed E-state index contributed by atoms with van der Waals surface area (Å²) in [5.41, 5.74) is 0. The first-order valence-corrected chi connectivity index (χ1v) is 6.15. The molecule has 5 nitrogen and oxygen atoms in total. The summed E-state index contributed by atoms with van der Waals surface area (Å²) in [5.74, 6) is -0.751. The van der Waals surface area contributed by atoms with Crippen LogP contribution in [-0.4, -0.2) is 39.4 Å². The summed E-state index contributed by atoms with van der Waals surface area (Å²) in [7, 11) is 0. The van der Waals surface area contributed by atoms with Crippen LogP contribution >= 0.6 is 0 Å². The van der Waals surface area contributed by atoms with Gasteiger partial charge >= 0.3 is 0 Å². The molecule has 0 heterocycles. The molecule has 0 amide bonds.